The molecule has 1 aliphatic rings. The second-order valence-corrected chi connectivity index (χ2v) is 6.37. The number of nitrogens with zero attached hydrogens (tertiary/aromatic N) is 5. The van der Waals surface area contributed by atoms with Crippen LogP contribution in [0.2, 0.25) is 0 Å². The van der Waals surface area contributed by atoms with Gasteiger partial charge in [0, 0.05) is 51.7 Å². The average molecular weight is 536 g/mol. The Morgan fingerprint density at radius 3 is 2.47 bits per heavy atom. The zero-order chi connectivity index (χ0) is 20.7. The molecule has 2 aromatic rings. The van der Waals surface area contributed by atoms with Gasteiger partial charge in [-0.2, -0.15) is 13.2 Å². The quantitative estimate of drug-likeness (QED) is 0.275. The van der Waals surface area contributed by atoms with Gasteiger partial charge in [-0.3, -0.25) is 4.99 Å². The molecule has 30 heavy (non-hydrogen) atoms. The maximum Gasteiger partial charge on any atom is 0.417 e. The van der Waals surface area contributed by atoms with E-state index in [4.69, 9.17) is 4.74 Å². The molecule has 0 spiro atoms. The number of ether oxygens (including phenoxy) is 1. The Kier molecular flexibility index (Phi) is 8.93. The monoisotopic (exact) mass is 536 g/mol. The van der Waals surface area contributed by atoms with Gasteiger partial charge in [-0.05, 0) is 18.2 Å². The van der Waals surface area contributed by atoms with Gasteiger partial charge in [0.1, 0.15) is 12.4 Å². The van der Waals surface area contributed by atoms with Gasteiger partial charge >= 0.3 is 6.18 Å². The second kappa shape index (κ2) is 11.2. The van der Waals surface area contributed by atoms with Crippen LogP contribution in [0.4, 0.5) is 19.0 Å². The summed E-state index contributed by atoms with van der Waals surface area (Å²) in [6.45, 7) is 3.99. The normalized spacial score (nSPS) is 14.9. The van der Waals surface area contributed by atoms with Crippen molar-refractivity contribution in [3.63, 3.8) is 0 Å². The van der Waals surface area contributed by atoms with E-state index in [1.165, 1.54) is 6.07 Å². The molecular weight excluding hydrogens is 512 g/mol. The van der Waals surface area contributed by atoms with Gasteiger partial charge in [0.05, 0.1) is 12.1 Å². The number of anilines is 1. The van der Waals surface area contributed by atoms with Gasteiger partial charge in [-0.1, -0.05) is 6.07 Å². The van der Waals surface area contributed by atoms with Crippen LogP contribution in [-0.2, 0) is 6.18 Å². The van der Waals surface area contributed by atoms with Gasteiger partial charge in [-0.25, -0.2) is 9.97 Å². The standard InChI is InChI=1S/C19H23F3N6O.HI/c1-23-18(28-11-9-27(10-12-28)16-4-2-3-7-24-16)25-8-13-29-17-6-5-15(14-26-17)19(20,21)22;/h2-7,14H,8-13H2,1H3,(H,23,25);1H. The molecule has 0 aromatic carbocycles. The molecular formula is C19H24F3IN6O. The minimum Gasteiger partial charge on any atom is -0.476 e. The third-order valence-electron chi connectivity index (χ3n) is 4.46. The van der Waals surface area contributed by atoms with Crippen molar-refractivity contribution in [3.8, 4) is 5.88 Å². The molecule has 2 aromatic heterocycles. The summed E-state index contributed by atoms with van der Waals surface area (Å²) in [5.41, 5.74) is -0.798. The summed E-state index contributed by atoms with van der Waals surface area (Å²) in [4.78, 5) is 16.7. The number of aromatic nitrogens is 2. The van der Waals surface area contributed by atoms with Crippen LogP contribution in [0.3, 0.4) is 0 Å². The first-order valence-electron chi connectivity index (χ1n) is 9.25. The Balaban J connectivity index is 0.00000320. The fourth-order valence-corrected chi connectivity index (χ4v) is 2.97. The van der Waals surface area contributed by atoms with Crippen molar-refractivity contribution in [2.24, 2.45) is 4.99 Å². The molecule has 1 aliphatic heterocycles. The van der Waals surface area contributed by atoms with Crippen LogP contribution in [0.1, 0.15) is 5.56 Å². The topological polar surface area (TPSA) is 65.9 Å². The molecule has 11 heteroatoms. The van der Waals surface area contributed by atoms with E-state index in [2.05, 4.69) is 30.1 Å². The highest BCUT2D eigenvalue weighted by atomic mass is 127. The SMILES string of the molecule is CN=C(NCCOc1ccc(C(F)(F)F)cn1)N1CCN(c2ccccn2)CC1.I. The first kappa shape index (κ1) is 24.0. The number of hydrogen-bond donors (Lipinski definition) is 1. The van der Waals surface area contributed by atoms with Crippen molar-refractivity contribution in [2.45, 2.75) is 6.18 Å². The molecule has 1 fully saturated rings. The van der Waals surface area contributed by atoms with Gasteiger partial charge < -0.3 is 19.9 Å². The largest absolute Gasteiger partial charge is 0.476 e. The lowest BCUT2D eigenvalue weighted by atomic mass is 10.3. The highest BCUT2D eigenvalue weighted by Gasteiger charge is 2.30. The summed E-state index contributed by atoms with van der Waals surface area (Å²) >= 11 is 0. The fraction of sp³-hybridized carbons (Fsp3) is 0.421. The Labute approximate surface area is 190 Å². The highest BCUT2D eigenvalue weighted by Crippen LogP contribution is 2.29. The Morgan fingerprint density at radius 1 is 1.13 bits per heavy atom. The first-order valence-corrected chi connectivity index (χ1v) is 9.25. The molecule has 0 bridgehead atoms. The fourth-order valence-electron chi connectivity index (χ4n) is 2.97. The number of hydrogen-bond acceptors (Lipinski definition) is 5. The number of halogens is 4. The number of alkyl halides is 3. The molecule has 0 radical (unpaired) electrons. The Bertz CT molecular complexity index is 796. The molecule has 1 N–H and O–H groups in total. The number of aliphatic imine (C=N–C) groups is 1. The Morgan fingerprint density at radius 2 is 1.90 bits per heavy atom. The summed E-state index contributed by atoms with van der Waals surface area (Å²) in [6.07, 6.45) is -1.85. The van der Waals surface area contributed by atoms with Crippen molar-refractivity contribution in [1.82, 2.24) is 20.2 Å². The molecule has 0 aliphatic carbocycles. The van der Waals surface area contributed by atoms with Gasteiger partial charge in [-0.15, -0.1) is 24.0 Å². The van der Waals surface area contributed by atoms with Crippen molar-refractivity contribution in [2.75, 3.05) is 51.3 Å². The molecule has 1 saturated heterocycles. The maximum absolute atomic E-state index is 12.5. The van der Waals surface area contributed by atoms with E-state index in [9.17, 15) is 13.2 Å². The minimum atomic E-state index is -4.40. The average Bonchev–Trinajstić information content (AvgIpc) is 2.74. The minimum absolute atomic E-state index is 0. The molecule has 7 nitrogen and oxygen atoms in total. The number of nitrogens with one attached hydrogen (secondary N) is 1. The van der Waals surface area contributed by atoms with Crippen molar-refractivity contribution >= 4 is 35.8 Å². The van der Waals surface area contributed by atoms with Crippen LogP contribution in [0.15, 0.2) is 47.7 Å². The summed E-state index contributed by atoms with van der Waals surface area (Å²) in [6, 6.07) is 8.04. The zero-order valence-corrected chi connectivity index (χ0v) is 18.8. The van der Waals surface area contributed by atoms with Crippen molar-refractivity contribution < 1.29 is 17.9 Å². The molecule has 0 saturated carbocycles. The van der Waals surface area contributed by atoms with Crippen LogP contribution in [-0.4, -0.2) is 67.2 Å². The van der Waals surface area contributed by atoms with Gasteiger partial charge in [0.15, 0.2) is 5.96 Å². The third-order valence-corrected chi connectivity index (χ3v) is 4.46. The van der Waals surface area contributed by atoms with Crippen LogP contribution >= 0.6 is 24.0 Å². The Hall–Kier alpha value is -2.31. The summed E-state index contributed by atoms with van der Waals surface area (Å²) < 4.78 is 43.0. The molecule has 0 atom stereocenters. The predicted molar refractivity (Wildman–Crippen MR) is 120 cm³/mol. The van der Waals surface area contributed by atoms with Crippen LogP contribution < -0.4 is 15.0 Å². The highest BCUT2D eigenvalue weighted by molar-refractivity contribution is 14.0. The number of pyridine rings is 2. The second-order valence-electron chi connectivity index (χ2n) is 6.37. The summed E-state index contributed by atoms with van der Waals surface area (Å²) in [5, 5.41) is 3.21. The van der Waals surface area contributed by atoms with E-state index in [1.807, 2.05) is 18.2 Å². The van der Waals surface area contributed by atoms with Crippen LogP contribution in [0.25, 0.3) is 0 Å². The molecule has 0 amide bonds. The van der Waals surface area contributed by atoms with E-state index in [0.29, 0.717) is 6.54 Å². The first-order chi connectivity index (χ1) is 14.0. The molecule has 164 valence electrons. The van der Waals surface area contributed by atoms with E-state index in [1.54, 1.807) is 13.2 Å². The van der Waals surface area contributed by atoms with Crippen molar-refractivity contribution in [3.05, 3.63) is 48.3 Å². The smallest absolute Gasteiger partial charge is 0.417 e. The van der Waals surface area contributed by atoms with E-state index >= 15 is 0 Å². The predicted octanol–water partition coefficient (Wildman–Crippen LogP) is 2.89. The maximum atomic E-state index is 12.5. The third kappa shape index (κ3) is 6.61. The van der Waals surface area contributed by atoms with Gasteiger partial charge in [0.25, 0.3) is 0 Å². The molecule has 3 rings (SSSR count). The lowest BCUT2D eigenvalue weighted by Crippen LogP contribution is -2.53. The van der Waals surface area contributed by atoms with Crippen molar-refractivity contribution in [1.29, 1.82) is 0 Å². The van der Waals surface area contributed by atoms with E-state index < -0.39 is 11.7 Å². The number of guanidine groups is 1. The number of rotatable bonds is 5. The zero-order valence-electron chi connectivity index (χ0n) is 16.5. The lowest BCUT2D eigenvalue weighted by Gasteiger charge is -2.37. The summed E-state index contributed by atoms with van der Waals surface area (Å²) in [5.74, 6) is 1.88. The van der Waals surface area contributed by atoms with Crippen LogP contribution in [0.5, 0.6) is 5.88 Å². The van der Waals surface area contributed by atoms with E-state index in [0.717, 1.165) is 50.2 Å². The number of piperazine rings is 1. The molecule has 3 heterocycles. The summed E-state index contributed by atoms with van der Waals surface area (Å²) in [7, 11) is 1.71. The lowest BCUT2D eigenvalue weighted by molar-refractivity contribution is -0.137. The molecule has 0 unspecified atom stereocenters. The van der Waals surface area contributed by atoms with E-state index in [-0.39, 0.29) is 36.5 Å². The van der Waals surface area contributed by atoms with Crippen LogP contribution in [0, 0.1) is 0 Å². The van der Waals surface area contributed by atoms with Gasteiger partial charge in [0.2, 0.25) is 5.88 Å².